The van der Waals surface area contributed by atoms with Gasteiger partial charge in [0, 0.05) is 31.9 Å². The summed E-state index contributed by atoms with van der Waals surface area (Å²) in [5.74, 6) is 5.59. The van der Waals surface area contributed by atoms with E-state index in [1.54, 1.807) is 19.1 Å². The molecule has 0 aliphatic rings. The van der Waals surface area contributed by atoms with Gasteiger partial charge in [-0.15, -0.1) is 0 Å². The molecule has 1 aromatic rings. The largest absolute Gasteiger partial charge is 0.507 e. The topological polar surface area (TPSA) is 66.4 Å². The maximum atomic E-state index is 11.6. The molecular formula is C15H17NO3. The molecule has 1 amide bonds. The van der Waals surface area contributed by atoms with Gasteiger partial charge in [-0.2, -0.15) is 0 Å². The number of nitrogens with one attached hydrogen (secondary N) is 1. The first kappa shape index (κ1) is 14.8. The third-order valence-electron chi connectivity index (χ3n) is 2.47. The molecule has 1 aromatic carbocycles. The van der Waals surface area contributed by atoms with Crippen LogP contribution in [0.5, 0.6) is 5.75 Å². The lowest BCUT2D eigenvalue weighted by Gasteiger charge is -2.02. The third-order valence-corrected chi connectivity index (χ3v) is 2.47. The number of rotatable bonds is 4. The van der Waals surface area contributed by atoms with E-state index in [2.05, 4.69) is 17.2 Å². The van der Waals surface area contributed by atoms with Crippen LogP contribution in [-0.2, 0) is 4.79 Å². The van der Waals surface area contributed by atoms with Crippen LogP contribution in [0.3, 0.4) is 0 Å². The SMILES string of the molecule is CCC(=O)c1cc(C#CCCNC(C)=O)ccc1O. The molecule has 19 heavy (non-hydrogen) atoms. The molecule has 2 N–H and O–H groups in total. The molecule has 0 atom stereocenters. The number of amides is 1. The number of hydrogen-bond donors (Lipinski definition) is 2. The Bertz CT molecular complexity index is 538. The fraction of sp³-hybridized carbons (Fsp3) is 0.333. The van der Waals surface area contributed by atoms with E-state index in [1.807, 2.05) is 0 Å². The van der Waals surface area contributed by atoms with Gasteiger partial charge in [0.15, 0.2) is 5.78 Å². The summed E-state index contributed by atoms with van der Waals surface area (Å²) < 4.78 is 0. The molecule has 0 aromatic heterocycles. The van der Waals surface area contributed by atoms with Gasteiger partial charge in [0.1, 0.15) is 5.75 Å². The van der Waals surface area contributed by atoms with E-state index >= 15 is 0 Å². The average molecular weight is 259 g/mol. The fourth-order valence-electron chi connectivity index (χ4n) is 1.49. The van der Waals surface area contributed by atoms with Gasteiger partial charge in [0.05, 0.1) is 5.56 Å². The number of carbonyl (C=O) groups is 2. The molecule has 1 rings (SSSR count). The highest BCUT2D eigenvalue weighted by molar-refractivity contribution is 5.98. The Morgan fingerprint density at radius 3 is 2.74 bits per heavy atom. The van der Waals surface area contributed by atoms with E-state index in [1.165, 1.54) is 13.0 Å². The molecule has 0 fully saturated rings. The summed E-state index contributed by atoms with van der Waals surface area (Å²) in [4.78, 5) is 22.2. The second kappa shape index (κ2) is 7.22. The van der Waals surface area contributed by atoms with Crippen LogP contribution in [-0.4, -0.2) is 23.3 Å². The molecule has 4 nitrogen and oxygen atoms in total. The number of ketones is 1. The first-order valence-electron chi connectivity index (χ1n) is 6.14. The maximum absolute atomic E-state index is 11.6. The van der Waals surface area contributed by atoms with Gasteiger partial charge >= 0.3 is 0 Å². The van der Waals surface area contributed by atoms with E-state index in [-0.39, 0.29) is 17.4 Å². The van der Waals surface area contributed by atoms with Crippen molar-refractivity contribution < 1.29 is 14.7 Å². The summed E-state index contributed by atoms with van der Waals surface area (Å²) in [6, 6.07) is 4.72. The molecule has 100 valence electrons. The first-order chi connectivity index (χ1) is 9.04. The van der Waals surface area contributed by atoms with Crippen LogP contribution in [0.15, 0.2) is 18.2 Å². The summed E-state index contributed by atoms with van der Waals surface area (Å²) in [7, 11) is 0. The first-order valence-corrected chi connectivity index (χ1v) is 6.14. The minimum absolute atomic E-state index is 0.0179. The number of Topliss-reactive ketones (excluding diaryl/α,β-unsaturated/α-hetero) is 1. The Morgan fingerprint density at radius 2 is 2.11 bits per heavy atom. The lowest BCUT2D eigenvalue weighted by Crippen LogP contribution is -2.20. The Kier molecular flexibility index (Phi) is 5.62. The van der Waals surface area contributed by atoms with Crippen molar-refractivity contribution in [2.24, 2.45) is 0 Å². The third kappa shape index (κ3) is 4.84. The second-order valence-corrected chi connectivity index (χ2v) is 4.04. The maximum Gasteiger partial charge on any atom is 0.216 e. The van der Waals surface area contributed by atoms with Gasteiger partial charge in [-0.1, -0.05) is 18.8 Å². The van der Waals surface area contributed by atoms with Crippen molar-refractivity contribution in [2.75, 3.05) is 6.54 Å². The monoisotopic (exact) mass is 259 g/mol. The van der Waals surface area contributed by atoms with Crippen LogP contribution in [0, 0.1) is 11.8 Å². The minimum atomic E-state index is -0.112. The minimum Gasteiger partial charge on any atom is -0.507 e. The normalized spacial score (nSPS) is 9.37. The molecular weight excluding hydrogens is 242 g/mol. The van der Waals surface area contributed by atoms with E-state index in [0.29, 0.717) is 30.5 Å². The van der Waals surface area contributed by atoms with E-state index in [4.69, 9.17) is 0 Å². The summed E-state index contributed by atoms with van der Waals surface area (Å²) in [5.41, 5.74) is 0.980. The van der Waals surface area contributed by atoms with Gasteiger partial charge in [0.2, 0.25) is 5.91 Å². The molecule has 0 aliphatic heterocycles. The van der Waals surface area contributed by atoms with Crippen LogP contribution < -0.4 is 5.32 Å². The quantitative estimate of drug-likeness (QED) is 0.493. The Labute approximate surface area is 112 Å². The number of phenols is 1. The molecule has 0 aliphatic carbocycles. The summed E-state index contributed by atoms with van der Waals surface area (Å²) >= 11 is 0. The zero-order chi connectivity index (χ0) is 14.3. The molecule has 4 heteroatoms. The summed E-state index contributed by atoms with van der Waals surface area (Å²) in [6.45, 7) is 3.70. The Hall–Kier alpha value is -2.28. The molecule has 0 saturated heterocycles. The van der Waals surface area contributed by atoms with Crippen LogP contribution in [0.2, 0.25) is 0 Å². The van der Waals surface area contributed by atoms with Crippen molar-refractivity contribution in [1.82, 2.24) is 5.32 Å². The highest BCUT2D eigenvalue weighted by Crippen LogP contribution is 2.19. The van der Waals surface area contributed by atoms with E-state index in [0.717, 1.165) is 0 Å². The molecule has 0 radical (unpaired) electrons. The lowest BCUT2D eigenvalue weighted by atomic mass is 10.0. The molecule has 0 bridgehead atoms. The van der Waals surface area contributed by atoms with Crippen LogP contribution >= 0.6 is 0 Å². The highest BCUT2D eigenvalue weighted by atomic mass is 16.3. The second-order valence-electron chi connectivity index (χ2n) is 4.04. The van der Waals surface area contributed by atoms with Crippen LogP contribution in [0.1, 0.15) is 42.6 Å². The van der Waals surface area contributed by atoms with Crippen molar-refractivity contribution in [3.05, 3.63) is 29.3 Å². The number of phenolic OH excluding ortho intramolecular Hbond substituents is 1. The number of aromatic hydroxyl groups is 1. The molecule has 0 heterocycles. The molecule has 0 unspecified atom stereocenters. The van der Waals surface area contributed by atoms with E-state index < -0.39 is 0 Å². The Morgan fingerprint density at radius 1 is 1.37 bits per heavy atom. The van der Waals surface area contributed by atoms with Gasteiger partial charge in [0.25, 0.3) is 0 Å². The highest BCUT2D eigenvalue weighted by Gasteiger charge is 2.08. The lowest BCUT2D eigenvalue weighted by molar-refractivity contribution is -0.118. The Balaban J connectivity index is 2.72. The zero-order valence-corrected chi connectivity index (χ0v) is 11.1. The number of carbonyl (C=O) groups excluding carboxylic acids is 2. The summed E-state index contributed by atoms with van der Waals surface area (Å²) in [5, 5.41) is 12.2. The van der Waals surface area contributed by atoms with Crippen LogP contribution in [0.25, 0.3) is 0 Å². The van der Waals surface area contributed by atoms with E-state index in [9.17, 15) is 14.7 Å². The van der Waals surface area contributed by atoms with Gasteiger partial charge in [-0.25, -0.2) is 0 Å². The predicted octanol–water partition coefficient (Wildman–Crippen LogP) is 1.86. The van der Waals surface area contributed by atoms with Crippen LogP contribution in [0.4, 0.5) is 0 Å². The standard InChI is InChI=1S/C15H17NO3/c1-3-14(18)13-10-12(7-8-15(13)19)6-4-5-9-16-11(2)17/h7-8,10,19H,3,5,9H2,1-2H3,(H,16,17). The van der Waals surface area contributed by atoms with Gasteiger partial charge < -0.3 is 10.4 Å². The molecule has 0 saturated carbocycles. The number of hydrogen-bond acceptors (Lipinski definition) is 3. The predicted molar refractivity (Wildman–Crippen MR) is 72.9 cm³/mol. The van der Waals surface area contributed by atoms with Crippen molar-refractivity contribution in [2.45, 2.75) is 26.7 Å². The van der Waals surface area contributed by atoms with Crippen molar-refractivity contribution in [3.8, 4) is 17.6 Å². The fourth-order valence-corrected chi connectivity index (χ4v) is 1.49. The van der Waals surface area contributed by atoms with Crippen molar-refractivity contribution >= 4 is 11.7 Å². The summed E-state index contributed by atoms with van der Waals surface area (Å²) in [6.07, 6.45) is 0.879. The van der Waals surface area contributed by atoms with Gasteiger partial charge in [-0.05, 0) is 18.2 Å². The average Bonchev–Trinajstić information content (AvgIpc) is 2.39. The molecule has 0 spiro atoms. The van der Waals surface area contributed by atoms with Gasteiger partial charge in [-0.3, -0.25) is 9.59 Å². The smallest absolute Gasteiger partial charge is 0.216 e. The number of benzene rings is 1. The van der Waals surface area contributed by atoms with Crippen molar-refractivity contribution in [3.63, 3.8) is 0 Å². The zero-order valence-electron chi connectivity index (χ0n) is 11.1. The van der Waals surface area contributed by atoms with Crippen molar-refractivity contribution in [1.29, 1.82) is 0 Å².